The van der Waals surface area contributed by atoms with Crippen LogP contribution in [0.25, 0.3) is 11.1 Å². The number of aromatic nitrogens is 1. The Morgan fingerprint density at radius 2 is 1.78 bits per heavy atom. The molecule has 2 saturated heterocycles. The number of halogens is 1. The fourth-order valence-electron chi connectivity index (χ4n) is 4.37. The first-order chi connectivity index (χ1) is 17.5. The average molecular weight is 550 g/mol. The van der Waals surface area contributed by atoms with Crippen LogP contribution in [0, 0.1) is 0 Å². The normalized spacial score (nSPS) is 17.6. The lowest BCUT2D eigenvalue weighted by Gasteiger charge is -2.36. The van der Waals surface area contributed by atoms with Gasteiger partial charge in [0.2, 0.25) is 0 Å². The summed E-state index contributed by atoms with van der Waals surface area (Å²) in [4.78, 5) is 30.9. The number of oxazole rings is 1. The number of carbonyl (C=O) groups excluding carboxylic acids is 1. The number of fused-ring (bicyclic) bond motifs is 1. The summed E-state index contributed by atoms with van der Waals surface area (Å²) in [6.07, 6.45) is 0.720. The van der Waals surface area contributed by atoms with E-state index in [0.717, 1.165) is 48.6 Å². The summed E-state index contributed by atoms with van der Waals surface area (Å²) in [7, 11) is 0. The van der Waals surface area contributed by atoms with Gasteiger partial charge in [-0.3, -0.25) is 9.88 Å². The molecule has 2 aromatic carbocycles. The molecule has 10 heteroatoms. The number of nitrogens with zero attached hydrogens (tertiary/aromatic N) is 2. The first-order valence-corrected chi connectivity index (χ1v) is 14.7. The van der Waals surface area contributed by atoms with Crippen LogP contribution < -0.4 is 5.76 Å². The van der Waals surface area contributed by atoms with Crippen LogP contribution in [0.5, 0.6) is 0 Å². The van der Waals surface area contributed by atoms with Gasteiger partial charge in [0.15, 0.2) is 5.58 Å². The van der Waals surface area contributed by atoms with Gasteiger partial charge < -0.3 is 14.1 Å². The van der Waals surface area contributed by atoms with E-state index in [1.54, 1.807) is 17.0 Å². The molecular weight excluding hydrogens is 518 g/mol. The molecule has 194 valence electrons. The van der Waals surface area contributed by atoms with Crippen molar-refractivity contribution in [1.29, 1.82) is 0 Å². The van der Waals surface area contributed by atoms with E-state index >= 15 is 0 Å². The number of piperazine rings is 1. The third kappa shape index (κ3) is 6.43. The van der Waals surface area contributed by atoms with E-state index in [1.807, 2.05) is 61.6 Å². The molecule has 0 saturated carbocycles. The van der Waals surface area contributed by atoms with Crippen molar-refractivity contribution >= 4 is 52.3 Å². The van der Waals surface area contributed by atoms with E-state index in [9.17, 15) is 9.59 Å². The van der Waals surface area contributed by atoms with Crippen LogP contribution in [0.2, 0.25) is 5.02 Å². The van der Waals surface area contributed by atoms with Crippen LogP contribution in [0.3, 0.4) is 0 Å². The number of thioether (sulfide) groups is 2. The Kier molecular flexibility index (Phi) is 9.33. The van der Waals surface area contributed by atoms with Crippen LogP contribution in [0.1, 0.15) is 31.4 Å². The number of H-pyrrole nitrogens is 1. The molecule has 36 heavy (non-hydrogen) atoms. The van der Waals surface area contributed by atoms with Gasteiger partial charge >= 0.3 is 11.8 Å². The maximum absolute atomic E-state index is 12.5. The van der Waals surface area contributed by atoms with Crippen LogP contribution in [-0.2, 0) is 15.4 Å². The molecule has 0 bridgehead atoms. The van der Waals surface area contributed by atoms with Crippen molar-refractivity contribution in [2.45, 2.75) is 31.0 Å². The number of benzene rings is 2. The van der Waals surface area contributed by atoms with Gasteiger partial charge in [0.1, 0.15) is 6.61 Å². The topological polar surface area (TPSA) is 78.8 Å². The third-order valence-electron chi connectivity index (χ3n) is 6.28. The maximum atomic E-state index is 12.5. The number of nitrogens with one attached hydrogen (secondary N) is 1. The van der Waals surface area contributed by atoms with Crippen LogP contribution in [0.15, 0.2) is 51.7 Å². The van der Waals surface area contributed by atoms with Gasteiger partial charge in [0.25, 0.3) is 0 Å². The van der Waals surface area contributed by atoms with E-state index in [0.29, 0.717) is 23.7 Å². The molecule has 3 heterocycles. The van der Waals surface area contributed by atoms with Gasteiger partial charge in [-0.2, -0.15) is 0 Å². The monoisotopic (exact) mass is 549 g/mol. The quantitative estimate of drug-likeness (QED) is 0.417. The van der Waals surface area contributed by atoms with Crippen molar-refractivity contribution in [1.82, 2.24) is 14.8 Å². The summed E-state index contributed by atoms with van der Waals surface area (Å²) in [5, 5.41) is 0.666. The molecule has 7 nitrogen and oxygen atoms in total. The molecule has 0 aliphatic carbocycles. The highest BCUT2D eigenvalue weighted by Gasteiger charge is 2.38. The van der Waals surface area contributed by atoms with Crippen molar-refractivity contribution in [3.8, 4) is 0 Å². The summed E-state index contributed by atoms with van der Waals surface area (Å²) >= 11 is 9.85. The Labute approximate surface area is 224 Å². The summed E-state index contributed by atoms with van der Waals surface area (Å²) in [5.74, 6) is 1.79. The molecule has 0 atom stereocenters. The molecule has 3 aromatic rings. The molecule has 5 rings (SSSR count). The van der Waals surface area contributed by atoms with Crippen LogP contribution >= 0.6 is 35.1 Å². The second-order valence-corrected chi connectivity index (χ2v) is 11.9. The highest BCUT2D eigenvalue weighted by molar-refractivity contribution is 8.20. The fourth-order valence-corrected chi connectivity index (χ4v) is 7.71. The number of hydrogen-bond donors (Lipinski definition) is 1. The molecule has 0 unspecified atom stereocenters. The Morgan fingerprint density at radius 1 is 1.08 bits per heavy atom. The lowest BCUT2D eigenvalue weighted by atomic mass is 10.1. The molecule has 2 fully saturated rings. The van der Waals surface area contributed by atoms with Crippen molar-refractivity contribution in [3.63, 3.8) is 0 Å². The van der Waals surface area contributed by atoms with Crippen molar-refractivity contribution in [2.75, 3.05) is 44.2 Å². The minimum atomic E-state index is -0.419. The number of rotatable bonds is 6. The lowest BCUT2D eigenvalue weighted by Crippen LogP contribution is -2.49. The second kappa shape index (κ2) is 12.4. The van der Waals surface area contributed by atoms with Gasteiger partial charge in [-0.25, -0.2) is 9.59 Å². The molecule has 1 N–H and O–H groups in total. The number of ether oxygens (including phenoxy) is 1. The zero-order chi connectivity index (χ0) is 25.5. The van der Waals surface area contributed by atoms with Crippen molar-refractivity contribution < 1.29 is 13.9 Å². The number of hydrogen-bond acceptors (Lipinski definition) is 7. The Bertz CT molecular complexity index is 1200. The molecule has 0 spiro atoms. The Morgan fingerprint density at radius 3 is 2.47 bits per heavy atom. The molecular formula is C26H32ClN3O4S2. The SMILES string of the molecule is CC.O=C(OCc1ccc(Cl)cc1)N1CCN(CCC2(c3ccc4[nH]c(=O)oc4c3)SCCS2)CC1. The van der Waals surface area contributed by atoms with Gasteiger partial charge in [0.05, 0.1) is 9.60 Å². The van der Waals surface area contributed by atoms with E-state index < -0.39 is 5.76 Å². The molecule has 0 radical (unpaired) electrons. The van der Waals surface area contributed by atoms with Crippen LogP contribution in [-0.4, -0.2) is 65.1 Å². The number of aromatic amines is 1. The first kappa shape index (κ1) is 27.0. The largest absolute Gasteiger partial charge is 0.445 e. The van der Waals surface area contributed by atoms with Crippen molar-refractivity contribution in [3.05, 3.63) is 69.2 Å². The molecule has 2 aliphatic heterocycles. The first-order valence-electron chi connectivity index (χ1n) is 12.3. The zero-order valence-corrected chi connectivity index (χ0v) is 23.0. The molecule has 1 aromatic heterocycles. The summed E-state index contributed by atoms with van der Waals surface area (Å²) in [6, 6.07) is 13.4. The van der Waals surface area contributed by atoms with Gasteiger partial charge in [0, 0.05) is 49.3 Å². The van der Waals surface area contributed by atoms with Crippen LogP contribution in [0.4, 0.5) is 4.79 Å². The zero-order valence-electron chi connectivity index (χ0n) is 20.6. The second-order valence-electron chi connectivity index (χ2n) is 8.44. The molecule has 2 aliphatic rings. The highest BCUT2D eigenvalue weighted by atomic mass is 35.5. The standard InChI is InChI=1S/C24H26ClN3O4S2.C2H6/c25-19-4-1-17(2-5-19)16-31-23(30)28-11-9-27(10-12-28)8-7-24(33-13-14-34-24)18-3-6-20-21(15-18)32-22(29)26-20;1-2/h1-6,15H,7-14,16H2,(H,26,29);1-2H3. The van der Waals surface area contributed by atoms with Gasteiger partial charge in [-0.15, -0.1) is 23.5 Å². The van der Waals surface area contributed by atoms with Gasteiger partial charge in [-0.1, -0.05) is 43.6 Å². The van der Waals surface area contributed by atoms with E-state index in [4.69, 9.17) is 20.8 Å². The third-order valence-corrected chi connectivity index (χ3v) is 10.1. The number of amides is 1. The van der Waals surface area contributed by atoms with E-state index in [1.165, 1.54) is 5.56 Å². The minimum absolute atomic E-state index is 0.0430. The highest BCUT2D eigenvalue weighted by Crippen LogP contribution is 2.54. The molecule has 1 amide bonds. The summed E-state index contributed by atoms with van der Waals surface area (Å²) in [6.45, 7) is 8.17. The predicted octanol–water partition coefficient (Wildman–Crippen LogP) is 5.78. The maximum Gasteiger partial charge on any atom is 0.417 e. The van der Waals surface area contributed by atoms with Gasteiger partial charge in [-0.05, 0) is 41.8 Å². The Balaban J connectivity index is 0.00000148. The summed E-state index contributed by atoms with van der Waals surface area (Å²) < 4.78 is 10.7. The van der Waals surface area contributed by atoms with E-state index in [2.05, 4.69) is 16.0 Å². The smallest absolute Gasteiger partial charge is 0.417 e. The van der Waals surface area contributed by atoms with Crippen molar-refractivity contribution in [2.24, 2.45) is 0 Å². The Hall–Kier alpha value is -2.07. The fraction of sp³-hybridized carbons (Fsp3) is 0.462. The average Bonchev–Trinajstić information content (AvgIpc) is 3.54. The minimum Gasteiger partial charge on any atom is -0.445 e. The number of carbonyl (C=O) groups is 1. The van der Waals surface area contributed by atoms with E-state index in [-0.39, 0.29) is 16.8 Å². The predicted molar refractivity (Wildman–Crippen MR) is 149 cm³/mol. The summed E-state index contributed by atoms with van der Waals surface area (Å²) in [5.41, 5.74) is 3.46. The lowest BCUT2D eigenvalue weighted by molar-refractivity contribution is 0.0712.